The van der Waals surface area contributed by atoms with Crippen LogP contribution in [0.25, 0.3) is 0 Å². The Kier molecular flexibility index (Phi) is 4.72. The van der Waals surface area contributed by atoms with Crippen molar-refractivity contribution in [1.82, 2.24) is 10.2 Å². The normalized spacial score (nSPS) is 16.6. The van der Waals surface area contributed by atoms with Gasteiger partial charge >= 0.3 is 6.18 Å². The van der Waals surface area contributed by atoms with Crippen molar-refractivity contribution >= 4 is 17.7 Å². The van der Waals surface area contributed by atoms with E-state index in [1.165, 1.54) is 25.1 Å². The molecule has 0 saturated carbocycles. The van der Waals surface area contributed by atoms with Crippen molar-refractivity contribution in [3.05, 3.63) is 35.4 Å². The molecule has 1 saturated heterocycles. The highest BCUT2D eigenvalue weighted by atomic mass is 19.4. The molecule has 23 heavy (non-hydrogen) atoms. The average molecular weight is 328 g/mol. The predicted molar refractivity (Wildman–Crippen MR) is 73.8 cm³/mol. The number of benzene rings is 1. The standard InChI is InChI=1S/C15H15F3N2O3/c1-9(20-12(21)6-7-13(20)22)14(23)19-8-10-4-2-3-5-11(10)15(16,17)18/h2-5,9H,6-8H2,1H3,(H,19,23). The number of amides is 3. The van der Waals surface area contributed by atoms with E-state index in [2.05, 4.69) is 5.32 Å². The molecule has 124 valence electrons. The second kappa shape index (κ2) is 6.39. The molecular weight excluding hydrogens is 313 g/mol. The predicted octanol–water partition coefficient (Wildman–Crippen LogP) is 1.86. The van der Waals surface area contributed by atoms with E-state index >= 15 is 0 Å². The Hall–Kier alpha value is -2.38. The topological polar surface area (TPSA) is 66.5 Å². The van der Waals surface area contributed by atoms with Crippen molar-refractivity contribution in [2.75, 3.05) is 0 Å². The SMILES string of the molecule is CC(C(=O)NCc1ccccc1C(F)(F)F)N1C(=O)CCC1=O. The summed E-state index contributed by atoms with van der Waals surface area (Å²) in [7, 11) is 0. The second-order valence-electron chi connectivity index (χ2n) is 5.21. The third kappa shape index (κ3) is 3.69. The number of hydrogen-bond donors (Lipinski definition) is 1. The zero-order chi connectivity index (χ0) is 17.2. The molecule has 1 aliphatic heterocycles. The zero-order valence-corrected chi connectivity index (χ0v) is 12.3. The van der Waals surface area contributed by atoms with E-state index in [4.69, 9.17) is 0 Å². The number of rotatable bonds is 4. The van der Waals surface area contributed by atoms with Crippen LogP contribution in [0.1, 0.15) is 30.9 Å². The number of alkyl halides is 3. The highest BCUT2D eigenvalue weighted by molar-refractivity contribution is 6.05. The van der Waals surface area contributed by atoms with Gasteiger partial charge in [0, 0.05) is 19.4 Å². The number of hydrogen-bond acceptors (Lipinski definition) is 3. The van der Waals surface area contributed by atoms with Gasteiger partial charge in [0.15, 0.2) is 0 Å². The number of likely N-dealkylation sites (tertiary alicyclic amines) is 1. The molecule has 1 atom stereocenters. The fraction of sp³-hybridized carbons (Fsp3) is 0.400. The largest absolute Gasteiger partial charge is 0.416 e. The Bertz CT molecular complexity index is 627. The quantitative estimate of drug-likeness (QED) is 0.858. The van der Waals surface area contributed by atoms with E-state index in [9.17, 15) is 27.6 Å². The molecule has 1 heterocycles. The van der Waals surface area contributed by atoms with Gasteiger partial charge in [-0.05, 0) is 18.6 Å². The maximum Gasteiger partial charge on any atom is 0.416 e. The highest BCUT2D eigenvalue weighted by Crippen LogP contribution is 2.31. The minimum absolute atomic E-state index is 0.0490. The summed E-state index contributed by atoms with van der Waals surface area (Å²) >= 11 is 0. The summed E-state index contributed by atoms with van der Waals surface area (Å²) in [6, 6.07) is 3.85. The maximum absolute atomic E-state index is 12.9. The Morgan fingerprint density at radius 1 is 1.22 bits per heavy atom. The van der Waals surface area contributed by atoms with Crippen LogP contribution in [-0.2, 0) is 27.1 Å². The van der Waals surface area contributed by atoms with Crippen molar-refractivity contribution in [3.8, 4) is 0 Å². The molecule has 1 unspecified atom stereocenters. The molecule has 0 aromatic heterocycles. The number of imide groups is 1. The summed E-state index contributed by atoms with van der Waals surface area (Å²) in [4.78, 5) is 36.0. The van der Waals surface area contributed by atoms with Gasteiger partial charge in [0.05, 0.1) is 5.56 Å². The molecule has 5 nitrogen and oxygen atoms in total. The minimum Gasteiger partial charge on any atom is -0.350 e. The van der Waals surface area contributed by atoms with Crippen LogP contribution in [0.5, 0.6) is 0 Å². The fourth-order valence-electron chi connectivity index (χ4n) is 2.42. The lowest BCUT2D eigenvalue weighted by Gasteiger charge is -2.22. The molecule has 0 bridgehead atoms. The number of nitrogens with one attached hydrogen (secondary N) is 1. The van der Waals surface area contributed by atoms with E-state index in [1.54, 1.807) is 0 Å². The Morgan fingerprint density at radius 2 is 1.78 bits per heavy atom. The smallest absolute Gasteiger partial charge is 0.350 e. The van der Waals surface area contributed by atoms with Gasteiger partial charge in [0.25, 0.3) is 0 Å². The van der Waals surface area contributed by atoms with Crippen LogP contribution in [0.4, 0.5) is 13.2 Å². The second-order valence-corrected chi connectivity index (χ2v) is 5.21. The first-order chi connectivity index (χ1) is 10.7. The van der Waals surface area contributed by atoms with E-state index in [1.807, 2.05) is 0 Å². The molecular formula is C15H15F3N2O3. The lowest BCUT2D eigenvalue weighted by atomic mass is 10.1. The average Bonchev–Trinajstić information content (AvgIpc) is 2.82. The lowest BCUT2D eigenvalue weighted by Crippen LogP contribution is -2.47. The molecule has 1 N–H and O–H groups in total. The van der Waals surface area contributed by atoms with E-state index < -0.39 is 35.5 Å². The summed E-state index contributed by atoms with van der Waals surface area (Å²) in [5.41, 5.74) is -0.916. The fourth-order valence-corrected chi connectivity index (χ4v) is 2.42. The molecule has 8 heteroatoms. The summed E-state index contributed by atoms with van der Waals surface area (Å²) in [6.07, 6.45) is -4.42. The van der Waals surface area contributed by atoms with E-state index in [-0.39, 0.29) is 24.9 Å². The van der Waals surface area contributed by atoms with Gasteiger partial charge in [0.1, 0.15) is 6.04 Å². The molecule has 0 aliphatic carbocycles. The molecule has 0 radical (unpaired) electrons. The number of carbonyl (C=O) groups excluding carboxylic acids is 3. The number of halogens is 3. The van der Waals surface area contributed by atoms with E-state index in [0.29, 0.717) is 0 Å². The van der Waals surface area contributed by atoms with Crippen LogP contribution < -0.4 is 5.32 Å². The molecule has 1 aromatic carbocycles. The van der Waals surface area contributed by atoms with E-state index in [0.717, 1.165) is 11.0 Å². The summed E-state index contributed by atoms with van der Waals surface area (Å²) in [5.74, 6) is -1.58. The van der Waals surface area contributed by atoms with Crippen LogP contribution in [0.15, 0.2) is 24.3 Å². The van der Waals surface area contributed by atoms with Crippen molar-refractivity contribution < 1.29 is 27.6 Å². The van der Waals surface area contributed by atoms with Crippen LogP contribution in [-0.4, -0.2) is 28.7 Å². The molecule has 1 aromatic rings. The summed E-state index contributed by atoms with van der Waals surface area (Å²) < 4.78 is 38.6. The lowest BCUT2D eigenvalue weighted by molar-refractivity contribution is -0.146. The Morgan fingerprint density at radius 3 is 2.35 bits per heavy atom. The summed E-state index contributed by atoms with van der Waals surface area (Å²) in [6.45, 7) is 1.03. The third-order valence-electron chi connectivity index (χ3n) is 3.63. The first-order valence-corrected chi connectivity index (χ1v) is 6.99. The minimum atomic E-state index is -4.52. The number of carbonyl (C=O) groups is 3. The van der Waals surface area contributed by atoms with Crippen LogP contribution in [0.2, 0.25) is 0 Å². The molecule has 1 fully saturated rings. The van der Waals surface area contributed by atoms with Gasteiger partial charge in [-0.15, -0.1) is 0 Å². The molecule has 0 spiro atoms. The van der Waals surface area contributed by atoms with Gasteiger partial charge in [-0.1, -0.05) is 18.2 Å². The van der Waals surface area contributed by atoms with Crippen LogP contribution >= 0.6 is 0 Å². The van der Waals surface area contributed by atoms with Gasteiger partial charge in [-0.25, -0.2) is 0 Å². The van der Waals surface area contributed by atoms with Crippen molar-refractivity contribution in [3.63, 3.8) is 0 Å². The van der Waals surface area contributed by atoms with Crippen molar-refractivity contribution in [2.24, 2.45) is 0 Å². The van der Waals surface area contributed by atoms with Crippen LogP contribution in [0.3, 0.4) is 0 Å². The monoisotopic (exact) mass is 328 g/mol. The maximum atomic E-state index is 12.9. The van der Waals surface area contributed by atoms with Crippen LogP contribution in [0, 0.1) is 0 Å². The first-order valence-electron chi connectivity index (χ1n) is 6.99. The molecule has 3 amide bonds. The third-order valence-corrected chi connectivity index (χ3v) is 3.63. The summed E-state index contributed by atoms with van der Waals surface area (Å²) in [5, 5.41) is 2.34. The van der Waals surface area contributed by atoms with Crippen molar-refractivity contribution in [2.45, 2.75) is 38.5 Å². The highest BCUT2D eigenvalue weighted by Gasteiger charge is 2.36. The van der Waals surface area contributed by atoms with Gasteiger partial charge < -0.3 is 5.32 Å². The number of nitrogens with zero attached hydrogens (tertiary/aromatic N) is 1. The molecule has 1 aliphatic rings. The van der Waals surface area contributed by atoms with Gasteiger partial charge in [-0.3, -0.25) is 19.3 Å². The van der Waals surface area contributed by atoms with Gasteiger partial charge in [0.2, 0.25) is 17.7 Å². The zero-order valence-electron chi connectivity index (χ0n) is 12.3. The van der Waals surface area contributed by atoms with Crippen molar-refractivity contribution in [1.29, 1.82) is 0 Å². The Labute approximate surface area is 130 Å². The Balaban J connectivity index is 2.05. The first kappa shape index (κ1) is 17.0. The van der Waals surface area contributed by atoms with Gasteiger partial charge in [-0.2, -0.15) is 13.2 Å². The molecule has 2 rings (SSSR count).